The number of nitrogens with zero attached hydrogens (tertiary/aromatic N) is 2. The molecule has 0 amide bonds. The third-order valence-corrected chi connectivity index (χ3v) is 1.87. The molecule has 5 heteroatoms. The summed E-state index contributed by atoms with van der Waals surface area (Å²) in [6.07, 6.45) is 1.51. The molecular formula is C8H6ClN3O. The molecule has 0 saturated carbocycles. The van der Waals surface area contributed by atoms with Gasteiger partial charge in [-0.05, 0) is 12.1 Å². The van der Waals surface area contributed by atoms with Crippen LogP contribution in [-0.2, 0) is 0 Å². The molecule has 0 aliphatic heterocycles. The second-order valence-electron chi connectivity index (χ2n) is 2.59. The van der Waals surface area contributed by atoms with Gasteiger partial charge in [-0.1, -0.05) is 11.6 Å². The van der Waals surface area contributed by atoms with Crippen LogP contribution < -0.4 is 11.3 Å². The van der Waals surface area contributed by atoms with Gasteiger partial charge in [0.2, 0.25) is 0 Å². The zero-order valence-corrected chi connectivity index (χ0v) is 7.32. The van der Waals surface area contributed by atoms with Crippen LogP contribution in [0.15, 0.2) is 29.2 Å². The van der Waals surface area contributed by atoms with Crippen LogP contribution in [0.3, 0.4) is 0 Å². The maximum atomic E-state index is 11.3. The second kappa shape index (κ2) is 2.74. The monoisotopic (exact) mass is 195 g/mol. The molecule has 2 aromatic heterocycles. The molecule has 0 fully saturated rings. The minimum Gasteiger partial charge on any atom is -0.383 e. The first kappa shape index (κ1) is 8.07. The SMILES string of the molecule is Nc1cc(=O)n2cc(Cl)ccc2n1. The molecule has 2 N–H and O–H groups in total. The summed E-state index contributed by atoms with van der Waals surface area (Å²) in [4.78, 5) is 15.3. The van der Waals surface area contributed by atoms with Gasteiger partial charge in [0.1, 0.15) is 11.5 Å². The van der Waals surface area contributed by atoms with Gasteiger partial charge in [0, 0.05) is 12.3 Å². The molecule has 0 spiro atoms. The van der Waals surface area contributed by atoms with Crippen molar-refractivity contribution in [3.63, 3.8) is 0 Å². The molecule has 0 aliphatic carbocycles. The number of rotatable bonds is 0. The van der Waals surface area contributed by atoms with Crippen molar-refractivity contribution in [1.82, 2.24) is 9.38 Å². The fraction of sp³-hybridized carbons (Fsp3) is 0. The van der Waals surface area contributed by atoms with E-state index in [1.165, 1.54) is 16.7 Å². The highest BCUT2D eigenvalue weighted by Crippen LogP contribution is 2.08. The number of nitrogen functional groups attached to an aromatic ring is 1. The number of nitrogens with two attached hydrogens (primary N) is 1. The Bertz CT molecular complexity index is 520. The first-order valence-electron chi connectivity index (χ1n) is 3.61. The Labute approximate surface area is 78.6 Å². The van der Waals surface area contributed by atoms with E-state index in [2.05, 4.69) is 4.98 Å². The predicted molar refractivity (Wildman–Crippen MR) is 50.9 cm³/mol. The number of fused-ring (bicyclic) bond motifs is 1. The van der Waals surface area contributed by atoms with Crippen molar-refractivity contribution in [2.75, 3.05) is 5.73 Å². The molecule has 0 radical (unpaired) electrons. The van der Waals surface area contributed by atoms with Crippen LogP contribution in [0, 0.1) is 0 Å². The zero-order valence-electron chi connectivity index (χ0n) is 6.57. The fourth-order valence-corrected chi connectivity index (χ4v) is 1.26. The van der Waals surface area contributed by atoms with Crippen molar-refractivity contribution in [1.29, 1.82) is 0 Å². The Kier molecular flexibility index (Phi) is 1.70. The highest BCUT2D eigenvalue weighted by molar-refractivity contribution is 6.30. The van der Waals surface area contributed by atoms with E-state index < -0.39 is 0 Å². The van der Waals surface area contributed by atoms with Gasteiger partial charge in [-0.25, -0.2) is 4.98 Å². The van der Waals surface area contributed by atoms with E-state index in [4.69, 9.17) is 17.3 Å². The normalized spacial score (nSPS) is 10.5. The number of halogens is 1. The quantitative estimate of drug-likeness (QED) is 0.680. The van der Waals surface area contributed by atoms with Crippen LogP contribution in [0.4, 0.5) is 5.82 Å². The lowest BCUT2D eigenvalue weighted by atomic mass is 10.4. The van der Waals surface area contributed by atoms with Crippen molar-refractivity contribution >= 4 is 23.1 Å². The number of pyridine rings is 1. The highest BCUT2D eigenvalue weighted by Gasteiger charge is 1.99. The molecule has 2 aromatic rings. The van der Waals surface area contributed by atoms with E-state index in [1.807, 2.05) is 0 Å². The minimum atomic E-state index is -0.231. The summed E-state index contributed by atoms with van der Waals surface area (Å²) in [6, 6.07) is 4.55. The van der Waals surface area contributed by atoms with E-state index in [9.17, 15) is 4.79 Å². The molecule has 0 saturated heterocycles. The molecular weight excluding hydrogens is 190 g/mol. The Morgan fingerprint density at radius 3 is 3.00 bits per heavy atom. The van der Waals surface area contributed by atoms with Crippen molar-refractivity contribution in [3.05, 3.63) is 39.8 Å². The largest absolute Gasteiger partial charge is 0.383 e. The summed E-state index contributed by atoms with van der Waals surface area (Å²) in [5.74, 6) is 0.215. The van der Waals surface area contributed by atoms with Crippen LogP contribution in [0.1, 0.15) is 0 Å². The lowest BCUT2D eigenvalue weighted by Gasteiger charge is -2.00. The summed E-state index contributed by atoms with van der Waals surface area (Å²) in [6.45, 7) is 0. The van der Waals surface area contributed by atoms with Crippen molar-refractivity contribution in [2.24, 2.45) is 0 Å². The molecule has 0 bridgehead atoms. The summed E-state index contributed by atoms with van der Waals surface area (Å²) in [5, 5.41) is 0.487. The zero-order chi connectivity index (χ0) is 9.42. The van der Waals surface area contributed by atoms with E-state index in [1.54, 1.807) is 12.1 Å². The number of aromatic nitrogens is 2. The molecule has 0 aliphatic rings. The lowest BCUT2D eigenvalue weighted by Crippen LogP contribution is -2.14. The predicted octanol–water partition coefficient (Wildman–Crippen LogP) is 0.930. The van der Waals surface area contributed by atoms with Gasteiger partial charge in [-0.3, -0.25) is 9.20 Å². The summed E-state index contributed by atoms with van der Waals surface area (Å²) in [7, 11) is 0. The van der Waals surface area contributed by atoms with Gasteiger partial charge in [0.25, 0.3) is 5.56 Å². The average Bonchev–Trinajstić information content (AvgIpc) is 2.06. The fourth-order valence-electron chi connectivity index (χ4n) is 1.10. The van der Waals surface area contributed by atoms with Gasteiger partial charge in [0.05, 0.1) is 5.02 Å². The van der Waals surface area contributed by atoms with Crippen LogP contribution >= 0.6 is 11.6 Å². The third-order valence-electron chi connectivity index (χ3n) is 1.64. The number of anilines is 1. The highest BCUT2D eigenvalue weighted by atomic mass is 35.5. The summed E-state index contributed by atoms with van der Waals surface area (Å²) >= 11 is 5.71. The Balaban J connectivity index is 2.95. The van der Waals surface area contributed by atoms with Crippen LogP contribution in [-0.4, -0.2) is 9.38 Å². The van der Waals surface area contributed by atoms with E-state index in [-0.39, 0.29) is 11.4 Å². The van der Waals surface area contributed by atoms with Gasteiger partial charge in [0.15, 0.2) is 0 Å². The Morgan fingerprint density at radius 2 is 2.23 bits per heavy atom. The number of hydrogen-bond acceptors (Lipinski definition) is 3. The first-order valence-corrected chi connectivity index (χ1v) is 3.99. The topological polar surface area (TPSA) is 60.4 Å². The van der Waals surface area contributed by atoms with Crippen LogP contribution in [0.5, 0.6) is 0 Å². The molecule has 4 nitrogen and oxygen atoms in total. The molecule has 0 atom stereocenters. The average molecular weight is 196 g/mol. The van der Waals surface area contributed by atoms with Gasteiger partial charge < -0.3 is 5.73 Å². The molecule has 66 valence electrons. The smallest absolute Gasteiger partial charge is 0.259 e. The van der Waals surface area contributed by atoms with E-state index in [0.717, 1.165) is 0 Å². The first-order chi connectivity index (χ1) is 6.16. The minimum absolute atomic E-state index is 0.215. The van der Waals surface area contributed by atoms with Crippen molar-refractivity contribution in [2.45, 2.75) is 0 Å². The van der Waals surface area contributed by atoms with Crippen molar-refractivity contribution in [3.8, 4) is 0 Å². The maximum Gasteiger partial charge on any atom is 0.259 e. The van der Waals surface area contributed by atoms with Crippen LogP contribution in [0.25, 0.3) is 5.65 Å². The molecule has 2 heterocycles. The molecule has 13 heavy (non-hydrogen) atoms. The Morgan fingerprint density at radius 1 is 1.46 bits per heavy atom. The molecule has 2 rings (SSSR count). The third kappa shape index (κ3) is 1.36. The standard InChI is InChI=1S/C8H6ClN3O/c9-5-1-2-7-11-6(10)3-8(13)12(7)4-5/h1-4H,10H2. The summed E-state index contributed by atoms with van der Waals surface area (Å²) < 4.78 is 1.35. The maximum absolute atomic E-state index is 11.3. The Hall–Kier alpha value is -1.55. The van der Waals surface area contributed by atoms with E-state index >= 15 is 0 Å². The van der Waals surface area contributed by atoms with E-state index in [0.29, 0.717) is 10.7 Å². The summed E-state index contributed by atoms with van der Waals surface area (Å²) in [5.41, 5.74) is 5.67. The number of hydrogen-bond donors (Lipinski definition) is 1. The molecule has 0 unspecified atom stereocenters. The van der Waals surface area contributed by atoms with Gasteiger partial charge in [-0.15, -0.1) is 0 Å². The van der Waals surface area contributed by atoms with Crippen LogP contribution in [0.2, 0.25) is 5.02 Å². The second-order valence-corrected chi connectivity index (χ2v) is 3.03. The lowest BCUT2D eigenvalue weighted by molar-refractivity contribution is 1.05. The van der Waals surface area contributed by atoms with Gasteiger partial charge in [-0.2, -0.15) is 0 Å². The van der Waals surface area contributed by atoms with Gasteiger partial charge >= 0.3 is 0 Å². The van der Waals surface area contributed by atoms with Crippen molar-refractivity contribution < 1.29 is 0 Å². The molecule has 0 aromatic carbocycles.